The molecule has 0 saturated carbocycles. The summed E-state index contributed by atoms with van der Waals surface area (Å²) in [6, 6.07) is 7.79. The summed E-state index contributed by atoms with van der Waals surface area (Å²) in [6.07, 6.45) is 0.942. The zero-order chi connectivity index (χ0) is 14.1. The van der Waals surface area contributed by atoms with Gasteiger partial charge in [0.2, 0.25) is 0 Å². The van der Waals surface area contributed by atoms with Crippen LogP contribution >= 0.6 is 0 Å². The minimum Gasteiger partial charge on any atom is -0.482 e. The van der Waals surface area contributed by atoms with Crippen LogP contribution in [0.2, 0.25) is 0 Å². The lowest BCUT2D eigenvalue weighted by atomic mass is 10.2. The molecule has 0 aromatic heterocycles. The molecule has 1 rings (SSSR count). The monoisotopic (exact) mass is 267 g/mol. The highest BCUT2D eigenvalue weighted by atomic mass is 16.6. The van der Waals surface area contributed by atoms with E-state index in [0.29, 0.717) is 11.8 Å². The van der Waals surface area contributed by atoms with E-state index in [4.69, 9.17) is 9.47 Å². The minimum absolute atomic E-state index is 0.0759. The van der Waals surface area contributed by atoms with Crippen LogP contribution in [0.4, 0.5) is 5.69 Å². The second-order valence-corrected chi connectivity index (χ2v) is 4.22. The van der Waals surface area contributed by atoms with Crippen molar-refractivity contribution in [2.45, 2.75) is 19.4 Å². The third-order valence-electron chi connectivity index (χ3n) is 2.61. The summed E-state index contributed by atoms with van der Waals surface area (Å²) in [7, 11) is 3.03. The summed E-state index contributed by atoms with van der Waals surface area (Å²) in [4.78, 5) is 10.9. The first-order valence-electron chi connectivity index (χ1n) is 6.21. The molecule has 1 unspecified atom stereocenters. The number of methoxy groups -OCH3 is 2. The number of rotatable bonds is 8. The van der Waals surface area contributed by atoms with Gasteiger partial charge in [0, 0.05) is 25.4 Å². The van der Waals surface area contributed by atoms with Gasteiger partial charge in [-0.2, -0.15) is 0 Å². The summed E-state index contributed by atoms with van der Waals surface area (Å²) in [6.45, 7) is 2.75. The molecule has 19 heavy (non-hydrogen) atoms. The number of carbonyl (C=O) groups excluding carboxylic acids is 1. The van der Waals surface area contributed by atoms with E-state index in [1.165, 1.54) is 7.11 Å². The summed E-state index contributed by atoms with van der Waals surface area (Å²) in [5.74, 6) is 0.246. The van der Waals surface area contributed by atoms with Gasteiger partial charge in [-0.3, -0.25) is 0 Å². The fourth-order valence-corrected chi connectivity index (χ4v) is 1.50. The highest BCUT2D eigenvalue weighted by Crippen LogP contribution is 2.16. The van der Waals surface area contributed by atoms with Crippen LogP contribution in [0.5, 0.6) is 5.75 Å². The fraction of sp³-hybridized carbons (Fsp3) is 0.500. The summed E-state index contributed by atoms with van der Waals surface area (Å²) in [5.41, 5.74) is 1.01. The Labute approximate surface area is 113 Å². The van der Waals surface area contributed by atoms with Crippen LogP contribution in [-0.2, 0) is 14.3 Å². The van der Waals surface area contributed by atoms with Gasteiger partial charge in [-0.15, -0.1) is 0 Å². The molecular weight excluding hydrogens is 246 g/mol. The van der Waals surface area contributed by atoms with Crippen LogP contribution in [0, 0.1) is 0 Å². The van der Waals surface area contributed by atoms with Crippen LogP contribution in [0.3, 0.4) is 0 Å². The van der Waals surface area contributed by atoms with E-state index in [2.05, 4.69) is 17.0 Å². The lowest BCUT2D eigenvalue weighted by Gasteiger charge is -2.15. The Kier molecular flexibility index (Phi) is 6.74. The van der Waals surface area contributed by atoms with E-state index in [1.807, 2.05) is 24.3 Å². The molecule has 5 nitrogen and oxygen atoms in total. The number of ether oxygens (including phenoxy) is 3. The van der Waals surface area contributed by atoms with E-state index >= 15 is 0 Å². The molecule has 0 saturated heterocycles. The molecule has 1 N–H and O–H groups in total. The number of hydrogen-bond donors (Lipinski definition) is 1. The third-order valence-corrected chi connectivity index (χ3v) is 2.61. The van der Waals surface area contributed by atoms with Crippen LogP contribution in [0.25, 0.3) is 0 Å². The summed E-state index contributed by atoms with van der Waals surface area (Å²) in [5, 5.41) is 3.35. The highest BCUT2D eigenvalue weighted by molar-refractivity contribution is 5.70. The number of hydrogen-bond acceptors (Lipinski definition) is 5. The quantitative estimate of drug-likeness (QED) is 0.731. The van der Waals surface area contributed by atoms with Gasteiger partial charge < -0.3 is 19.5 Å². The van der Waals surface area contributed by atoms with E-state index < -0.39 is 5.97 Å². The Morgan fingerprint density at radius 2 is 1.95 bits per heavy atom. The maximum absolute atomic E-state index is 10.9. The molecule has 0 heterocycles. The van der Waals surface area contributed by atoms with Crippen molar-refractivity contribution in [1.82, 2.24) is 0 Å². The van der Waals surface area contributed by atoms with Gasteiger partial charge in [-0.05, 0) is 37.6 Å². The molecular formula is C14H21NO4. The molecule has 1 aromatic rings. The van der Waals surface area contributed by atoms with Gasteiger partial charge in [-0.1, -0.05) is 0 Å². The molecule has 0 amide bonds. The average molecular weight is 267 g/mol. The van der Waals surface area contributed by atoms with Crippen LogP contribution in [0.1, 0.15) is 13.3 Å². The Morgan fingerprint density at radius 3 is 2.53 bits per heavy atom. The number of benzene rings is 1. The van der Waals surface area contributed by atoms with Gasteiger partial charge in [-0.25, -0.2) is 4.79 Å². The standard InChI is InChI=1S/C14H21NO4/c1-11(8-9-17-2)15-12-4-6-13(7-5-12)19-10-14(16)18-3/h4-7,11,15H,8-10H2,1-3H3. The molecule has 0 bridgehead atoms. The molecule has 106 valence electrons. The Balaban J connectivity index is 2.40. The first-order chi connectivity index (χ1) is 9.15. The molecule has 0 aliphatic carbocycles. The molecule has 0 spiro atoms. The lowest BCUT2D eigenvalue weighted by Crippen LogP contribution is -2.17. The van der Waals surface area contributed by atoms with Crippen molar-refractivity contribution in [3.8, 4) is 5.75 Å². The second-order valence-electron chi connectivity index (χ2n) is 4.22. The van der Waals surface area contributed by atoms with Gasteiger partial charge >= 0.3 is 5.97 Å². The SMILES string of the molecule is COCCC(C)Nc1ccc(OCC(=O)OC)cc1. The molecule has 1 atom stereocenters. The fourth-order valence-electron chi connectivity index (χ4n) is 1.50. The largest absolute Gasteiger partial charge is 0.482 e. The van der Waals surface area contributed by atoms with Gasteiger partial charge in [0.05, 0.1) is 7.11 Å². The number of nitrogens with one attached hydrogen (secondary N) is 1. The number of carbonyl (C=O) groups is 1. The smallest absolute Gasteiger partial charge is 0.343 e. The van der Waals surface area contributed by atoms with Crippen LogP contribution in [-0.4, -0.2) is 39.4 Å². The molecule has 0 fully saturated rings. The van der Waals surface area contributed by atoms with Gasteiger partial charge in [0.25, 0.3) is 0 Å². The van der Waals surface area contributed by atoms with Crippen LogP contribution < -0.4 is 10.1 Å². The van der Waals surface area contributed by atoms with Gasteiger partial charge in [0.1, 0.15) is 5.75 Å². The molecule has 1 aromatic carbocycles. The predicted octanol–water partition coefficient (Wildman–Crippen LogP) is 2.08. The van der Waals surface area contributed by atoms with Crippen LogP contribution in [0.15, 0.2) is 24.3 Å². The Morgan fingerprint density at radius 1 is 1.26 bits per heavy atom. The maximum atomic E-state index is 10.9. The molecule has 0 aliphatic heterocycles. The van der Waals surface area contributed by atoms with Crippen molar-refractivity contribution in [3.05, 3.63) is 24.3 Å². The Bertz CT molecular complexity index is 378. The first-order valence-corrected chi connectivity index (χ1v) is 6.21. The molecule has 0 aliphatic rings. The highest BCUT2D eigenvalue weighted by Gasteiger charge is 2.03. The van der Waals surface area contributed by atoms with Crippen molar-refractivity contribution in [1.29, 1.82) is 0 Å². The topological polar surface area (TPSA) is 56.8 Å². The van der Waals surface area contributed by atoms with E-state index in [1.54, 1.807) is 7.11 Å². The number of esters is 1. The third kappa shape index (κ3) is 6.10. The Hall–Kier alpha value is -1.75. The zero-order valence-corrected chi connectivity index (χ0v) is 11.6. The lowest BCUT2D eigenvalue weighted by molar-refractivity contribution is -0.142. The van der Waals surface area contributed by atoms with Gasteiger partial charge in [0.15, 0.2) is 6.61 Å². The normalized spacial score (nSPS) is 11.7. The van der Waals surface area contributed by atoms with E-state index in [0.717, 1.165) is 18.7 Å². The second kappa shape index (κ2) is 8.37. The predicted molar refractivity (Wildman–Crippen MR) is 73.5 cm³/mol. The zero-order valence-electron chi connectivity index (χ0n) is 11.6. The van der Waals surface area contributed by atoms with Crippen molar-refractivity contribution in [2.75, 3.05) is 32.8 Å². The molecule has 5 heteroatoms. The summed E-state index contributed by atoms with van der Waals surface area (Å²) < 4.78 is 14.8. The first kappa shape index (κ1) is 15.3. The minimum atomic E-state index is -0.393. The van der Waals surface area contributed by atoms with E-state index in [9.17, 15) is 4.79 Å². The maximum Gasteiger partial charge on any atom is 0.343 e. The number of anilines is 1. The summed E-state index contributed by atoms with van der Waals surface area (Å²) >= 11 is 0. The average Bonchev–Trinajstić information content (AvgIpc) is 2.44. The van der Waals surface area contributed by atoms with Crippen molar-refractivity contribution >= 4 is 11.7 Å². The van der Waals surface area contributed by atoms with E-state index in [-0.39, 0.29) is 6.61 Å². The van der Waals surface area contributed by atoms with Crippen molar-refractivity contribution < 1.29 is 19.0 Å². The molecule has 0 radical (unpaired) electrons. The van der Waals surface area contributed by atoms with Crippen molar-refractivity contribution in [2.24, 2.45) is 0 Å². The van der Waals surface area contributed by atoms with Crippen molar-refractivity contribution in [3.63, 3.8) is 0 Å².